The van der Waals surface area contributed by atoms with Gasteiger partial charge in [0.05, 0.1) is 94.8 Å². The molecule has 1 aromatic heterocycles. The highest BCUT2D eigenvalue weighted by Gasteiger charge is 2.51. The van der Waals surface area contributed by atoms with E-state index in [0.717, 1.165) is 77.5 Å². The minimum atomic E-state index is -1.98. The molecule has 15 N–H and O–H groups in total. The number of carbonyl (C=O) groups excluding carboxylic acids is 8. The van der Waals surface area contributed by atoms with Crippen LogP contribution in [0.3, 0.4) is 0 Å². The van der Waals surface area contributed by atoms with E-state index in [1.165, 1.54) is 25.1 Å². The van der Waals surface area contributed by atoms with Crippen LogP contribution in [-0.4, -0.2) is 214 Å². The molecule has 103 heavy (non-hydrogen) atoms. The quantitative estimate of drug-likeness (QED) is 0.0198. The van der Waals surface area contributed by atoms with Gasteiger partial charge in [0.15, 0.2) is 11.9 Å². The van der Waals surface area contributed by atoms with Crippen molar-refractivity contribution in [3.05, 3.63) is 92.3 Å². The number of ether oxygens (including phenoxy) is 6. The standard InChI is InChI=1S/C70H95N15O16S2/c1-4-46-47-34-45(86)15-14-41(47)33-48-49(46)36-85-54(48)35-51-50(63(85)91)37-100-65(93)70(51,5-2)101-64(92)40(3)79-68(94)77-20-26-98-28-29-99-27-21-78-69(95)80-44-31-42(61(89)75-18-24-96-22-16-73-57(87)12-8-6-10-55-59-52(38-102-55)81-66(71)83-59)30-43(32-44)62(90)76-19-25-97-23-17-74-58(88)13-9-7-11-56-60-53(39-103-56)82-67(72)84-60/h14-15,30-35,40,52-53,55-56,59-60,86H,4-13,16-29,36-39H2,1-3H3,(H,73,87)(H,74,88)(H,75,89)(H,76,90)(H3,71,81,83)(H3,72,82,84)(H2,77,79,94)(H2,78,80,95)/t40-,52?,53?,55?,56?,59?,60?,70-/m0/s1. The number of fused-ring (bicyclic) bond motifs is 7. The van der Waals surface area contributed by atoms with Crippen molar-refractivity contribution in [1.82, 2.24) is 52.4 Å². The van der Waals surface area contributed by atoms with E-state index in [9.17, 15) is 48.3 Å². The van der Waals surface area contributed by atoms with E-state index in [-0.39, 0.29) is 162 Å². The first-order valence-corrected chi connectivity index (χ1v) is 37.5. The molecular weight excluding hydrogens is 1370 g/mol. The van der Waals surface area contributed by atoms with Crippen LogP contribution in [-0.2, 0) is 72.8 Å². The maximum Gasteiger partial charge on any atom is 0.355 e. The van der Waals surface area contributed by atoms with Gasteiger partial charge in [-0.3, -0.25) is 24.0 Å². The molecule has 8 atom stereocenters. The van der Waals surface area contributed by atoms with Crippen molar-refractivity contribution in [1.29, 1.82) is 0 Å². The van der Waals surface area contributed by atoms with Gasteiger partial charge in [-0.1, -0.05) is 32.8 Å². The van der Waals surface area contributed by atoms with E-state index in [0.29, 0.717) is 72.5 Å². The molecule has 6 aliphatic rings. The Morgan fingerprint density at radius 3 is 1.76 bits per heavy atom. The number of nitrogens with two attached hydrogens (primary N) is 2. The largest absolute Gasteiger partial charge is 0.508 e. The number of benzene rings is 3. The molecule has 2 saturated heterocycles. The Labute approximate surface area is 605 Å². The predicted molar refractivity (Wildman–Crippen MR) is 389 cm³/mol. The number of aryl methyl sites for hydroxylation is 1. The molecule has 4 aromatic rings. The van der Waals surface area contributed by atoms with E-state index >= 15 is 0 Å². The van der Waals surface area contributed by atoms with Crippen LogP contribution >= 0.6 is 23.5 Å². The number of pyridine rings is 1. The predicted octanol–water partition coefficient (Wildman–Crippen LogP) is 2.43. The van der Waals surface area contributed by atoms with Crippen molar-refractivity contribution in [3.63, 3.8) is 0 Å². The van der Waals surface area contributed by atoms with Gasteiger partial charge in [0.2, 0.25) is 17.4 Å². The van der Waals surface area contributed by atoms with Crippen molar-refractivity contribution in [2.24, 2.45) is 21.5 Å². The number of aromatic nitrogens is 1. The molecule has 7 heterocycles. The van der Waals surface area contributed by atoms with Gasteiger partial charge in [-0.05, 0) is 110 Å². The van der Waals surface area contributed by atoms with Crippen LogP contribution in [0.4, 0.5) is 15.3 Å². The first kappa shape index (κ1) is 76.7. The Balaban J connectivity index is 0.610. The number of urea groups is 2. The van der Waals surface area contributed by atoms with Crippen LogP contribution in [0.15, 0.2) is 63.3 Å². The lowest BCUT2D eigenvalue weighted by Crippen LogP contribution is -2.51. The minimum Gasteiger partial charge on any atom is -0.508 e. The second kappa shape index (κ2) is 37.0. The number of unbranched alkanes of at least 4 members (excludes halogenated alkanes) is 2. The molecular formula is C70H95N15O16S2. The van der Waals surface area contributed by atoms with E-state index in [2.05, 4.69) is 63.2 Å². The number of aliphatic imine (C=N–C) groups is 2. The lowest BCUT2D eigenvalue weighted by molar-refractivity contribution is -0.190. The summed E-state index contributed by atoms with van der Waals surface area (Å²) < 4.78 is 35.6. The number of phenolic OH excluding ortho intramolecular Hbond substituents is 1. The molecule has 31 nitrogen and oxygen atoms in total. The van der Waals surface area contributed by atoms with Gasteiger partial charge < -0.3 is 103 Å². The Kier molecular flexibility index (Phi) is 27.6. The number of phenols is 1. The number of guanidine groups is 2. The summed E-state index contributed by atoms with van der Waals surface area (Å²) in [5, 5.41) is 41.0. The summed E-state index contributed by atoms with van der Waals surface area (Å²) >= 11 is 3.79. The van der Waals surface area contributed by atoms with Crippen molar-refractivity contribution in [3.8, 4) is 17.0 Å². The Morgan fingerprint density at radius 1 is 0.670 bits per heavy atom. The van der Waals surface area contributed by atoms with Gasteiger partial charge in [-0.2, -0.15) is 23.5 Å². The number of anilines is 1. The van der Waals surface area contributed by atoms with E-state index in [4.69, 9.17) is 39.9 Å². The highest BCUT2D eigenvalue weighted by Crippen LogP contribution is 2.44. The number of aromatic hydroxyl groups is 1. The fourth-order valence-electron chi connectivity index (χ4n) is 13.5. The highest BCUT2D eigenvalue weighted by molar-refractivity contribution is 8.00. The maximum atomic E-state index is 14.2. The van der Waals surface area contributed by atoms with Crippen molar-refractivity contribution < 1.29 is 71.9 Å². The van der Waals surface area contributed by atoms with E-state index in [1.807, 2.05) is 42.6 Å². The van der Waals surface area contributed by atoms with Gasteiger partial charge in [0, 0.05) is 102 Å². The summed E-state index contributed by atoms with van der Waals surface area (Å²) in [7, 11) is 0. The van der Waals surface area contributed by atoms with Crippen molar-refractivity contribution in [2.45, 2.75) is 144 Å². The number of hydrogen-bond donors (Lipinski definition) is 13. The number of cyclic esters (lactones) is 1. The zero-order valence-corrected chi connectivity index (χ0v) is 60.0. The highest BCUT2D eigenvalue weighted by atomic mass is 32.2. The average Bonchev–Trinajstić information content (AvgIpc) is 1.63. The summed E-state index contributed by atoms with van der Waals surface area (Å²) in [5.41, 5.74) is 13.3. The first-order chi connectivity index (χ1) is 49.8. The molecule has 0 bridgehead atoms. The molecule has 3 aromatic carbocycles. The van der Waals surface area contributed by atoms with Crippen molar-refractivity contribution in [2.75, 3.05) is 109 Å². The number of esters is 2. The minimum absolute atomic E-state index is 0.0450. The fourth-order valence-corrected chi connectivity index (χ4v) is 16.5. The van der Waals surface area contributed by atoms with E-state index < -0.39 is 47.5 Å². The van der Waals surface area contributed by atoms with Crippen LogP contribution in [0.25, 0.3) is 22.0 Å². The normalized spacial score (nSPS) is 20.5. The van der Waals surface area contributed by atoms with Crippen LogP contribution in [0.2, 0.25) is 0 Å². The average molecular weight is 1470 g/mol. The van der Waals surface area contributed by atoms with Crippen LogP contribution in [0, 0.1) is 0 Å². The molecule has 10 rings (SSSR count). The Hall–Kier alpha value is -8.89. The summed E-state index contributed by atoms with van der Waals surface area (Å²) in [4.78, 5) is 129. The molecule has 6 aliphatic heterocycles. The summed E-state index contributed by atoms with van der Waals surface area (Å²) in [6.45, 7) is 7.08. The third-order valence-corrected chi connectivity index (χ3v) is 21.7. The molecule has 8 amide bonds. The number of hydrogen-bond acceptors (Lipinski definition) is 24. The van der Waals surface area contributed by atoms with Gasteiger partial charge in [-0.25, -0.2) is 29.2 Å². The molecule has 0 spiro atoms. The lowest BCUT2D eigenvalue weighted by atomic mass is 9.85. The van der Waals surface area contributed by atoms with Crippen LogP contribution < -0.4 is 70.2 Å². The van der Waals surface area contributed by atoms with E-state index in [1.54, 1.807) is 29.7 Å². The summed E-state index contributed by atoms with van der Waals surface area (Å²) in [6, 6.07) is 11.4. The Morgan fingerprint density at radius 2 is 1.20 bits per heavy atom. The Bertz CT molecular complexity index is 3770. The molecule has 558 valence electrons. The van der Waals surface area contributed by atoms with Gasteiger partial charge in [0.1, 0.15) is 18.4 Å². The molecule has 2 fully saturated rings. The lowest BCUT2D eigenvalue weighted by Gasteiger charge is -2.36. The molecule has 0 aliphatic carbocycles. The SMILES string of the molecule is CCc1c2c(cc3ccc(O)cc13)-c1cc3c(c(=O)n1C2)COC(=O)[C@@]3(CC)OC(=O)[C@H](C)NC(=O)NCCOCCOCCNC(=O)Nc1cc(C(=O)NCCOCCNC(=O)CCCCC2SCC3NC(N)=NC32)cc(C(=O)NCCOCCNC(=O)CCCCC2SCC3NC(N)=NC32)c1. The number of carbonyl (C=O) groups is 8. The molecule has 0 saturated carbocycles. The van der Waals surface area contributed by atoms with Crippen LogP contribution in [0.1, 0.15) is 122 Å². The van der Waals surface area contributed by atoms with Gasteiger partial charge in [0.25, 0.3) is 17.4 Å². The third-order valence-electron chi connectivity index (χ3n) is 18.7. The fraction of sp³-hybridized carbons (Fsp3) is 0.557. The smallest absolute Gasteiger partial charge is 0.355 e. The molecule has 33 heteroatoms. The second-order valence-corrected chi connectivity index (χ2v) is 28.4. The number of amides is 8. The number of thioether (sulfide) groups is 2. The number of nitrogens with one attached hydrogen (secondary N) is 10. The zero-order valence-electron chi connectivity index (χ0n) is 58.3. The van der Waals surface area contributed by atoms with Gasteiger partial charge >= 0.3 is 24.0 Å². The number of rotatable bonds is 39. The first-order valence-electron chi connectivity index (χ1n) is 35.4. The van der Waals surface area contributed by atoms with Crippen molar-refractivity contribution >= 4 is 99.5 Å². The maximum absolute atomic E-state index is 14.2. The summed E-state index contributed by atoms with van der Waals surface area (Å²) in [6.07, 6.45) is 6.64. The summed E-state index contributed by atoms with van der Waals surface area (Å²) in [5.74, 6) is 0.100. The molecule has 0 radical (unpaired) electrons. The number of nitrogens with zero attached hydrogens (tertiary/aromatic N) is 3. The monoisotopic (exact) mass is 1470 g/mol. The van der Waals surface area contributed by atoms with Crippen LogP contribution in [0.5, 0.6) is 5.75 Å². The second-order valence-electron chi connectivity index (χ2n) is 25.8. The third kappa shape index (κ3) is 20.1. The topological polar surface area (TPSA) is 431 Å². The van der Waals surface area contributed by atoms with Gasteiger partial charge in [-0.15, -0.1) is 0 Å². The zero-order chi connectivity index (χ0) is 73.0. The molecule has 6 unspecified atom stereocenters.